The molecule has 1 aliphatic carbocycles. The molecule has 8 nitrogen and oxygen atoms in total. The zero-order chi connectivity index (χ0) is 22.8. The van der Waals surface area contributed by atoms with E-state index >= 15 is 0 Å². The Kier molecular flexibility index (Phi) is 6.47. The van der Waals surface area contributed by atoms with Crippen molar-refractivity contribution in [3.8, 4) is 5.75 Å². The maximum absolute atomic E-state index is 13.0. The molecule has 0 bridgehead atoms. The molecule has 1 aliphatic rings. The first-order valence-electron chi connectivity index (χ1n) is 9.99. The van der Waals surface area contributed by atoms with Crippen molar-refractivity contribution in [3.63, 3.8) is 0 Å². The first-order valence-corrected chi connectivity index (χ1v) is 11.7. The zero-order valence-corrected chi connectivity index (χ0v) is 19.0. The minimum atomic E-state index is -0.561. The van der Waals surface area contributed by atoms with E-state index in [0.717, 1.165) is 41.5 Å². The van der Waals surface area contributed by atoms with Gasteiger partial charge in [0.1, 0.15) is 16.6 Å². The lowest BCUT2D eigenvalue weighted by Gasteiger charge is -2.11. The number of aromatic nitrogens is 2. The summed E-state index contributed by atoms with van der Waals surface area (Å²) >= 11 is 2.50. The topological polar surface area (TPSA) is 120 Å². The number of fused-ring (bicyclic) bond motifs is 1. The van der Waals surface area contributed by atoms with Crippen molar-refractivity contribution in [1.82, 2.24) is 10.2 Å². The average molecular weight is 477 g/mol. The molecular weight excluding hydrogens is 455 g/mol. The number of nitrogens with two attached hydrogens (primary N) is 1. The molecule has 0 saturated carbocycles. The van der Waals surface area contributed by atoms with Gasteiger partial charge in [-0.1, -0.05) is 11.8 Å². The number of hydrogen-bond acceptors (Lipinski definition) is 8. The van der Waals surface area contributed by atoms with Gasteiger partial charge in [-0.05, 0) is 62.9 Å². The number of carbonyl (C=O) groups is 2. The van der Waals surface area contributed by atoms with Gasteiger partial charge in [-0.25, -0.2) is 4.39 Å². The average Bonchev–Trinajstić information content (AvgIpc) is 3.45. The molecule has 3 N–H and O–H groups in total. The van der Waals surface area contributed by atoms with Crippen LogP contribution in [-0.4, -0.2) is 27.3 Å². The summed E-state index contributed by atoms with van der Waals surface area (Å²) in [5, 5.41) is 10.9. The highest BCUT2D eigenvalue weighted by Gasteiger charge is 2.28. The van der Waals surface area contributed by atoms with Gasteiger partial charge in [0.25, 0.3) is 17.0 Å². The number of hydrogen-bond donors (Lipinski definition) is 2. The summed E-state index contributed by atoms with van der Waals surface area (Å²) < 4.78 is 24.3. The summed E-state index contributed by atoms with van der Waals surface area (Å²) in [6.07, 6.45) is 2.12. The molecule has 168 valence electrons. The summed E-state index contributed by atoms with van der Waals surface area (Å²) in [6, 6.07) is 5.60. The van der Waals surface area contributed by atoms with Crippen LogP contribution in [0.25, 0.3) is 0 Å². The van der Waals surface area contributed by atoms with Crippen molar-refractivity contribution < 1.29 is 23.1 Å². The molecule has 2 atom stereocenters. The molecule has 2 heterocycles. The molecule has 1 aromatic carbocycles. The quantitative estimate of drug-likeness (QED) is 0.469. The van der Waals surface area contributed by atoms with E-state index in [0.29, 0.717) is 16.3 Å². The Morgan fingerprint density at radius 3 is 2.72 bits per heavy atom. The first-order chi connectivity index (χ1) is 15.3. The highest BCUT2D eigenvalue weighted by Crippen LogP contribution is 2.39. The fourth-order valence-electron chi connectivity index (χ4n) is 3.37. The third-order valence-corrected chi connectivity index (χ3v) is 7.09. The monoisotopic (exact) mass is 476 g/mol. The van der Waals surface area contributed by atoms with Gasteiger partial charge in [-0.15, -0.1) is 21.5 Å². The Labute approximate surface area is 191 Å². The molecule has 2 amide bonds. The number of ether oxygens (including phenoxy) is 1. The van der Waals surface area contributed by atoms with E-state index in [4.69, 9.17) is 14.9 Å². The molecule has 2 aromatic heterocycles. The number of halogens is 1. The number of nitrogens with one attached hydrogen (secondary N) is 1. The largest absolute Gasteiger partial charge is 0.481 e. The normalized spacial score (nSPS) is 14.6. The van der Waals surface area contributed by atoms with Gasteiger partial charge < -0.3 is 20.2 Å². The minimum Gasteiger partial charge on any atom is -0.481 e. The third-order valence-electron chi connectivity index (χ3n) is 4.95. The molecule has 0 aliphatic heterocycles. The maximum Gasteiger partial charge on any atom is 0.277 e. The second-order valence-corrected chi connectivity index (χ2v) is 9.69. The van der Waals surface area contributed by atoms with E-state index in [2.05, 4.69) is 15.5 Å². The molecule has 0 radical (unpaired) electrons. The number of thiophene rings is 1. The lowest BCUT2D eigenvalue weighted by Crippen LogP contribution is -2.24. The van der Waals surface area contributed by atoms with Crippen molar-refractivity contribution >= 4 is 39.9 Å². The number of anilines is 1. The predicted molar refractivity (Wildman–Crippen MR) is 119 cm³/mol. The summed E-state index contributed by atoms with van der Waals surface area (Å²) in [5.41, 5.74) is 6.92. The first kappa shape index (κ1) is 22.3. The molecule has 0 fully saturated rings. The Morgan fingerprint density at radius 2 is 2.00 bits per heavy atom. The number of amides is 2. The summed E-state index contributed by atoms with van der Waals surface area (Å²) in [7, 11) is 0. The van der Waals surface area contributed by atoms with Crippen molar-refractivity contribution in [2.24, 2.45) is 5.73 Å². The van der Waals surface area contributed by atoms with Crippen LogP contribution in [0.2, 0.25) is 0 Å². The van der Waals surface area contributed by atoms with Gasteiger partial charge in [-0.3, -0.25) is 9.59 Å². The Morgan fingerprint density at radius 1 is 1.25 bits per heavy atom. The van der Waals surface area contributed by atoms with E-state index in [9.17, 15) is 14.0 Å². The molecule has 3 aromatic rings. The van der Waals surface area contributed by atoms with Gasteiger partial charge in [0.15, 0.2) is 6.10 Å². The van der Waals surface area contributed by atoms with Crippen LogP contribution in [0.15, 0.2) is 33.9 Å². The van der Waals surface area contributed by atoms with E-state index in [1.54, 1.807) is 13.8 Å². The Hall–Kier alpha value is -2.92. The lowest BCUT2D eigenvalue weighted by molar-refractivity contribution is -0.115. The number of rotatable bonds is 8. The lowest BCUT2D eigenvalue weighted by atomic mass is 10.1. The van der Waals surface area contributed by atoms with E-state index in [1.165, 1.54) is 35.6 Å². The number of benzene rings is 1. The second-order valence-electron chi connectivity index (χ2n) is 7.30. The molecule has 4 rings (SSSR count). The minimum absolute atomic E-state index is 0.209. The number of aryl methyl sites for hydroxylation is 1. The summed E-state index contributed by atoms with van der Waals surface area (Å²) in [5.74, 6) is -0.490. The van der Waals surface area contributed by atoms with Crippen molar-refractivity contribution in [2.45, 2.75) is 49.7 Å². The molecule has 0 spiro atoms. The standard InChI is InChI=1S/C21H21FN4O4S2/c1-10(29-13-8-6-12(22)7-9-13)19-25-26-21(30-19)31-11(2)18(28)24-20-16(17(23)27)14-4-3-5-15(14)32-20/h6-11H,3-5H2,1-2H3,(H2,23,27)(H,24,28). The smallest absolute Gasteiger partial charge is 0.277 e. The van der Waals surface area contributed by atoms with Crippen molar-refractivity contribution in [1.29, 1.82) is 0 Å². The molecular formula is C21H21FN4O4S2. The van der Waals surface area contributed by atoms with Crippen LogP contribution in [0.4, 0.5) is 9.39 Å². The highest BCUT2D eigenvalue weighted by atomic mass is 32.2. The summed E-state index contributed by atoms with van der Waals surface area (Å²) in [4.78, 5) is 25.7. The number of thioether (sulfide) groups is 1. The number of primary amides is 1. The fraction of sp³-hybridized carbons (Fsp3) is 0.333. The number of carbonyl (C=O) groups excluding carboxylic acids is 2. The van der Waals surface area contributed by atoms with Crippen molar-refractivity contribution in [3.05, 3.63) is 52.0 Å². The Balaban J connectivity index is 1.38. The van der Waals surface area contributed by atoms with Gasteiger partial charge in [0.2, 0.25) is 5.91 Å². The van der Waals surface area contributed by atoms with Gasteiger partial charge in [0, 0.05) is 4.88 Å². The van der Waals surface area contributed by atoms with E-state index in [-0.39, 0.29) is 22.8 Å². The van der Waals surface area contributed by atoms with E-state index < -0.39 is 17.3 Å². The predicted octanol–water partition coefficient (Wildman–Crippen LogP) is 4.12. The fourth-order valence-corrected chi connectivity index (χ4v) is 5.36. The van der Waals surface area contributed by atoms with Crippen LogP contribution >= 0.6 is 23.1 Å². The number of nitrogens with zero attached hydrogens (tertiary/aromatic N) is 2. The van der Waals surface area contributed by atoms with Gasteiger partial charge in [-0.2, -0.15) is 0 Å². The maximum atomic E-state index is 13.0. The Bertz CT molecular complexity index is 1150. The van der Waals surface area contributed by atoms with Crippen molar-refractivity contribution in [2.75, 3.05) is 5.32 Å². The van der Waals surface area contributed by atoms with Gasteiger partial charge in [0.05, 0.1) is 10.8 Å². The highest BCUT2D eigenvalue weighted by molar-refractivity contribution is 8.00. The zero-order valence-electron chi connectivity index (χ0n) is 17.4. The third kappa shape index (κ3) is 4.78. The van der Waals surface area contributed by atoms with Gasteiger partial charge >= 0.3 is 0 Å². The van der Waals surface area contributed by atoms with Crippen LogP contribution in [0.1, 0.15) is 53.1 Å². The molecule has 2 unspecified atom stereocenters. The molecule has 11 heteroatoms. The van der Waals surface area contributed by atoms with Crippen LogP contribution in [-0.2, 0) is 17.6 Å². The van der Waals surface area contributed by atoms with Crippen LogP contribution in [0.5, 0.6) is 5.75 Å². The second kappa shape index (κ2) is 9.29. The SMILES string of the molecule is CC(Sc1nnc(C(C)Oc2ccc(F)cc2)o1)C(=O)Nc1sc2c(c1C(N)=O)CCC2. The summed E-state index contributed by atoms with van der Waals surface area (Å²) in [6.45, 7) is 3.43. The molecule has 32 heavy (non-hydrogen) atoms. The van der Waals surface area contributed by atoms with E-state index in [1.807, 2.05) is 0 Å². The van der Waals surface area contributed by atoms with Crippen LogP contribution in [0.3, 0.4) is 0 Å². The van der Waals surface area contributed by atoms with Crippen LogP contribution < -0.4 is 15.8 Å². The van der Waals surface area contributed by atoms with Crippen LogP contribution in [0, 0.1) is 5.82 Å². The molecule has 0 saturated heterocycles.